The Hall–Kier alpha value is -3.35. The molecule has 1 N–H and O–H groups in total. The van der Waals surface area contributed by atoms with Crippen molar-refractivity contribution in [2.45, 2.75) is 0 Å². The third kappa shape index (κ3) is 2.77. The first-order valence-electron chi connectivity index (χ1n) is 7.68. The summed E-state index contributed by atoms with van der Waals surface area (Å²) in [6.07, 6.45) is 0. The molecule has 0 aliphatic rings. The van der Waals surface area contributed by atoms with Crippen LogP contribution in [0.25, 0.3) is 22.3 Å². The minimum atomic E-state index is -0.350. The fraction of sp³-hybridized carbons (Fsp3) is 0.211. The van der Waals surface area contributed by atoms with Crippen LogP contribution in [0, 0.1) is 0 Å². The summed E-state index contributed by atoms with van der Waals surface area (Å²) in [5.41, 5.74) is 0.484. The second kappa shape index (κ2) is 6.87. The van der Waals surface area contributed by atoms with Crippen LogP contribution in [0.1, 0.15) is 0 Å². The van der Waals surface area contributed by atoms with Gasteiger partial charge in [0.2, 0.25) is 11.2 Å². The highest BCUT2D eigenvalue weighted by Crippen LogP contribution is 2.38. The van der Waals surface area contributed by atoms with Gasteiger partial charge in [0, 0.05) is 11.6 Å². The van der Waals surface area contributed by atoms with Gasteiger partial charge < -0.3 is 28.5 Å². The van der Waals surface area contributed by atoms with E-state index < -0.39 is 0 Å². The number of rotatable bonds is 5. The number of hydrogen-bond donors (Lipinski definition) is 1. The summed E-state index contributed by atoms with van der Waals surface area (Å²) in [6, 6.07) is 7.74. The maximum absolute atomic E-state index is 12.9. The van der Waals surface area contributed by atoms with Crippen molar-refractivity contribution in [3.8, 4) is 40.1 Å². The summed E-state index contributed by atoms with van der Waals surface area (Å²) in [6.45, 7) is 0. The van der Waals surface area contributed by atoms with E-state index in [9.17, 15) is 9.90 Å². The summed E-state index contributed by atoms with van der Waals surface area (Å²) in [5, 5.41) is 10.1. The number of ether oxygens (including phenoxy) is 4. The second-order valence-electron chi connectivity index (χ2n) is 5.38. The number of benzene rings is 2. The van der Waals surface area contributed by atoms with Crippen molar-refractivity contribution in [3.63, 3.8) is 0 Å². The average Bonchev–Trinajstić information content (AvgIpc) is 2.67. The first-order chi connectivity index (χ1) is 12.5. The number of phenols is 1. The summed E-state index contributed by atoms with van der Waals surface area (Å²) in [7, 11) is 5.81. The van der Waals surface area contributed by atoms with Crippen LogP contribution < -0.4 is 24.4 Å². The molecule has 0 aliphatic carbocycles. The Morgan fingerprint density at radius 1 is 0.846 bits per heavy atom. The predicted octanol–water partition coefficient (Wildman–Crippen LogP) is 3.20. The van der Waals surface area contributed by atoms with Crippen LogP contribution in [0.15, 0.2) is 39.5 Å². The van der Waals surface area contributed by atoms with Crippen LogP contribution in [0.5, 0.6) is 28.7 Å². The van der Waals surface area contributed by atoms with E-state index in [4.69, 9.17) is 23.4 Å². The van der Waals surface area contributed by atoms with E-state index in [-0.39, 0.29) is 28.4 Å². The molecule has 3 rings (SSSR count). The largest absolute Gasteiger partial charge is 0.504 e. The zero-order chi connectivity index (χ0) is 18.8. The van der Waals surface area contributed by atoms with Gasteiger partial charge >= 0.3 is 0 Å². The molecule has 0 spiro atoms. The molecule has 0 saturated heterocycles. The molecule has 1 aromatic heterocycles. The maximum Gasteiger partial charge on any atom is 0.235 e. The lowest BCUT2D eigenvalue weighted by Crippen LogP contribution is -2.08. The van der Waals surface area contributed by atoms with Crippen LogP contribution >= 0.6 is 0 Å². The Bertz CT molecular complexity index is 1020. The lowest BCUT2D eigenvalue weighted by atomic mass is 10.1. The van der Waals surface area contributed by atoms with Gasteiger partial charge in [-0.05, 0) is 24.3 Å². The second-order valence-corrected chi connectivity index (χ2v) is 5.38. The van der Waals surface area contributed by atoms with Gasteiger partial charge in [-0.2, -0.15) is 0 Å². The van der Waals surface area contributed by atoms with Gasteiger partial charge in [-0.25, -0.2) is 0 Å². The van der Waals surface area contributed by atoms with Gasteiger partial charge in [0.1, 0.15) is 5.58 Å². The minimum Gasteiger partial charge on any atom is -0.504 e. The van der Waals surface area contributed by atoms with Crippen LogP contribution in [0.3, 0.4) is 0 Å². The topological polar surface area (TPSA) is 87.4 Å². The number of hydrogen-bond acceptors (Lipinski definition) is 7. The maximum atomic E-state index is 12.9. The van der Waals surface area contributed by atoms with Crippen molar-refractivity contribution >= 4 is 11.0 Å². The van der Waals surface area contributed by atoms with Crippen molar-refractivity contribution in [1.82, 2.24) is 0 Å². The van der Waals surface area contributed by atoms with Gasteiger partial charge in [-0.3, -0.25) is 4.79 Å². The van der Waals surface area contributed by atoms with Crippen LogP contribution in [0.4, 0.5) is 0 Å². The minimum absolute atomic E-state index is 0.0234. The van der Waals surface area contributed by atoms with Crippen molar-refractivity contribution in [2.24, 2.45) is 0 Å². The standard InChI is InChI=1S/C19H18O7/c1-22-14-7-10(5-6-12(14)20)18-19(25-4)17(21)11-8-15(23-2)16(24-3)9-13(11)26-18/h5-9,20H,1-4H3. The highest BCUT2D eigenvalue weighted by atomic mass is 16.5. The normalized spacial score (nSPS) is 10.6. The van der Waals surface area contributed by atoms with Crippen LogP contribution in [0.2, 0.25) is 0 Å². The molecule has 2 aromatic carbocycles. The molecule has 3 aromatic rings. The van der Waals surface area contributed by atoms with Gasteiger partial charge in [-0.1, -0.05) is 0 Å². The van der Waals surface area contributed by atoms with Crippen LogP contribution in [-0.4, -0.2) is 33.5 Å². The van der Waals surface area contributed by atoms with E-state index in [2.05, 4.69) is 0 Å². The van der Waals surface area contributed by atoms with E-state index in [1.807, 2.05) is 0 Å². The van der Waals surface area contributed by atoms with E-state index in [1.165, 1.54) is 34.5 Å². The zero-order valence-electron chi connectivity index (χ0n) is 14.8. The first kappa shape index (κ1) is 17.5. The van der Waals surface area contributed by atoms with Gasteiger partial charge in [0.05, 0.1) is 33.8 Å². The summed E-state index contributed by atoms with van der Waals surface area (Å²) >= 11 is 0. The fourth-order valence-corrected chi connectivity index (χ4v) is 2.70. The van der Waals surface area contributed by atoms with Crippen molar-refractivity contribution in [1.29, 1.82) is 0 Å². The molecule has 0 fully saturated rings. The predicted molar refractivity (Wildman–Crippen MR) is 95.8 cm³/mol. The van der Waals surface area contributed by atoms with Gasteiger partial charge in [-0.15, -0.1) is 0 Å². The molecule has 0 aliphatic heterocycles. The van der Waals surface area contributed by atoms with Crippen molar-refractivity contribution < 1.29 is 28.5 Å². The average molecular weight is 358 g/mol. The van der Waals surface area contributed by atoms with Crippen LogP contribution in [-0.2, 0) is 0 Å². The smallest absolute Gasteiger partial charge is 0.235 e. The fourth-order valence-electron chi connectivity index (χ4n) is 2.70. The highest BCUT2D eigenvalue weighted by molar-refractivity contribution is 5.85. The summed E-state index contributed by atoms with van der Waals surface area (Å²) < 4.78 is 26.9. The SMILES string of the molecule is COc1cc(-c2oc3cc(OC)c(OC)cc3c(=O)c2OC)ccc1O. The Balaban J connectivity index is 2.34. The molecular weight excluding hydrogens is 340 g/mol. The molecule has 0 unspecified atom stereocenters. The molecule has 0 amide bonds. The molecule has 0 atom stereocenters. The highest BCUT2D eigenvalue weighted by Gasteiger charge is 2.20. The number of fused-ring (bicyclic) bond motifs is 1. The monoisotopic (exact) mass is 358 g/mol. The molecule has 7 nitrogen and oxygen atoms in total. The summed E-state index contributed by atoms with van der Waals surface area (Å²) in [4.78, 5) is 12.9. The van der Waals surface area contributed by atoms with E-state index in [1.54, 1.807) is 24.3 Å². The van der Waals surface area contributed by atoms with Gasteiger partial charge in [0.25, 0.3) is 0 Å². The number of methoxy groups -OCH3 is 4. The zero-order valence-corrected chi connectivity index (χ0v) is 14.8. The Morgan fingerprint density at radius 3 is 2.12 bits per heavy atom. The third-order valence-electron chi connectivity index (χ3n) is 4.00. The van der Waals surface area contributed by atoms with E-state index in [0.29, 0.717) is 28.0 Å². The number of aromatic hydroxyl groups is 1. The first-order valence-corrected chi connectivity index (χ1v) is 7.68. The quantitative estimate of drug-likeness (QED) is 0.749. The third-order valence-corrected chi connectivity index (χ3v) is 4.00. The Morgan fingerprint density at radius 2 is 1.50 bits per heavy atom. The molecule has 0 radical (unpaired) electrons. The Kier molecular flexibility index (Phi) is 4.62. The lowest BCUT2D eigenvalue weighted by molar-refractivity contribution is 0.354. The molecular formula is C19H18O7. The Labute approximate surface area is 149 Å². The van der Waals surface area contributed by atoms with Gasteiger partial charge in [0.15, 0.2) is 28.8 Å². The summed E-state index contributed by atoms with van der Waals surface area (Å²) in [5.74, 6) is 1.33. The molecule has 7 heteroatoms. The molecule has 26 heavy (non-hydrogen) atoms. The molecule has 0 bridgehead atoms. The molecule has 0 saturated carbocycles. The molecule has 136 valence electrons. The molecule has 1 heterocycles. The lowest BCUT2D eigenvalue weighted by Gasteiger charge is -2.13. The van der Waals surface area contributed by atoms with E-state index in [0.717, 1.165) is 0 Å². The number of phenolic OH excluding ortho intramolecular Hbond substituents is 1. The van der Waals surface area contributed by atoms with Crippen molar-refractivity contribution in [2.75, 3.05) is 28.4 Å². The van der Waals surface area contributed by atoms with Crippen molar-refractivity contribution in [3.05, 3.63) is 40.6 Å². The van der Waals surface area contributed by atoms with E-state index >= 15 is 0 Å².